The van der Waals surface area contributed by atoms with Gasteiger partial charge in [0.05, 0.1) is 12.7 Å². The van der Waals surface area contributed by atoms with Crippen LogP contribution in [0.15, 0.2) is 77.2 Å². The smallest absolute Gasteiger partial charge is 0.231 e. The van der Waals surface area contributed by atoms with E-state index in [9.17, 15) is 4.79 Å². The fourth-order valence-electron chi connectivity index (χ4n) is 2.97. The van der Waals surface area contributed by atoms with Crippen LogP contribution in [-0.4, -0.2) is 17.9 Å². The average Bonchev–Trinajstić information content (AvgIpc) is 3.16. The number of carbonyl (C=O) groups excluding carboxylic acids is 1. The first-order valence-corrected chi connectivity index (χ1v) is 8.97. The first-order valence-electron chi connectivity index (χ1n) is 8.97. The number of para-hydroxylation sites is 2. The molecule has 28 heavy (non-hydrogen) atoms. The Morgan fingerprint density at radius 2 is 1.79 bits per heavy atom. The number of oxazole rings is 1. The summed E-state index contributed by atoms with van der Waals surface area (Å²) >= 11 is 0. The number of nitrogens with zero attached hydrogens (tertiary/aromatic N) is 1. The first-order chi connectivity index (χ1) is 13.6. The molecule has 0 saturated heterocycles. The van der Waals surface area contributed by atoms with Crippen molar-refractivity contribution in [3.05, 3.63) is 95.4 Å². The lowest BCUT2D eigenvalue weighted by Crippen LogP contribution is -2.03. The largest absolute Gasteiger partial charge is 0.497 e. The van der Waals surface area contributed by atoms with Crippen LogP contribution in [0, 0.1) is 6.92 Å². The molecule has 0 atom stereocenters. The van der Waals surface area contributed by atoms with Crippen molar-refractivity contribution < 1.29 is 13.9 Å². The number of allylic oxidation sites excluding steroid dienone is 1. The van der Waals surface area contributed by atoms with Crippen LogP contribution in [0.2, 0.25) is 0 Å². The molecule has 0 spiro atoms. The molecule has 0 amide bonds. The van der Waals surface area contributed by atoms with Crippen LogP contribution < -0.4 is 4.74 Å². The molecule has 3 aromatic carbocycles. The van der Waals surface area contributed by atoms with Crippen LogP contribution in [-0.2, 0) is 0 Å². The molecule has 4 aromatic rings. The highest BCUT2D eigenvalue weighted by molar-refractivity contribution is 6.31. The zero-order valence-electron chi connectivity index (χ0n) is 15.7. The third-order valence-corrected chi connectivity index (χ3v) is 4.49. The fraction of sp³-hybridized carbons (Fsp3) is 0.0833. The van der Waals surface area contributed by atoms with Crippen molar-refractivity contribution >= 4 is 28.5 Å². The molecule has 1 aromatic heterocycles. The summed E-state index contributed by atoms with van der Waals surface area (Å²) in [7, 11) is 1.61. The van der Waals surface area contributed by atoms with Crippen molar-refractivity contribution in [1.82, 2.24) is 4.98 Å². The van der Waals surface area contributed by atoms with Crippen molar-refractivity contribution in [3.8, 4) is 5.75 Å². The molecule has 0 aliphatic heterocycles. The summed E-state index contributed by atoms with van der Waals surface area (Å²) in [6.07, 6.45) is 1.79. The number of ketones is 1. The van der Waals surface area contributed by atoms with Gasteiger partial charge in [-0.05, 0) is 42.8 Å². The Hall–Kier alpha value is -3.66. The zero-order chi connectivity index (χ0) is 19.5. The minimum atomic E-state index is -0.144. The number of aromatic nitrogens is 1. The molecule has 4 nitrogen and oxygen atoms in total. The van der Waals surface area contributed by atoms with E-state index in [0.29, 0.717) is 33.9 Å². The third kappa shape index (κ3) is 3.58. The monoisotopic (exact) mass is 369 g/mol. The Kier molecular flexibility index (Phi) is 4.77. The van der Waals surface area contributed by atoms with Gasteiger partial charge >= 0.3 is 0 Å². The topological polar surface area (TPSA) is 52.3 Å². The Balaban J connectivity index is 1.85. The summed E-state index contributed by atoms with van der Waals surface area (Å²) in [5, 5.41) is 0. The number of Topliss-reactive ketones (excluding diaryl/α,β-unsaturated/α-hetero) is 1. The number of aryl methyl sites for hydroxylation is 1. The molecular formula is C24H19NO3. The molecule has 0 bridgehead atoms. The quantitative estimate of drug-likeness (QED) is 0.341. The summed E-state index contributed by atoms with van der Waals surface area (Å²) in [6, 6.07) is 22.5. The molecule has 1 heterocycles. The van der Waals surface area contributed by atoms with Crippen LogP contribution in [0.3, 0.4) is 0 Å². The maximum atomic E-state index is 13.3. The number of benzene rings is 3. The average molecular weight is 369 g/mol. The summed E-state index contributed by atoms with van der Waals surface area (Å²) in [5.74, 6) is 0.873. The predicted octanol–water partition coefficient (Wildman–Crippen LogP) is 5.57. The second-order valence-electron chi connectivity index (χ2n) is 6.52. The molecule has 0 fully saturated rings. The second-order valence-corrected chi connectivity index (χ2v) is 6.52. The number of carbonyl (C=O) groups is 1. The molecule has 138 valence electrons. The van der Waals surface area contributed by atoms with Gasteiger partial charge in [0, 0.05) is 5.56 Å². The van der Waals surface area contributed by atoms with Gasteiger partial charge in [0.15, 0.2) is 11.4 Å². The molecule has 0 aliphatic rings. The molecular weight excluding hydrogens is 350 g/mol. The van der Waals surface area contributed by atoms with Gasteiger partial charge < -0.3 is 9.15 Å². The predicted molar refractivity (Wildman–Crippen MR) is 110 cm³/mol. The number of rotatable bonds is 5. The van der Waals surface area contributed by atoms with E-state index < -0.39 is 0 Å². The van der Waals surface area contributed by atoms with Gasteiger partial charge in [-0.2, -0.15) is 0 Å². The van der Waals surface area contributed by atoms with Crippen LogP contribution >= 0.6 is 0 Å². The van der Waals surface area contributed by atoms with Crippen molar-refractivity contribution in [2.45, 2.75) is 6.92 Å². The van der Waals surface area contributed by atoms with Gasteiger partial charge in [0.1, 0.15) is 11.3 Å². The lowest BCUT2D eigenvalue weighted by molar-refractivity contribution is 0.105. The van der Waals surface area contributed by atoms with Crippen LogP contribution in [0.1, 0.15) is 27.4 Å². The normalized spacial score (nSPS) is 11.6. The van der Waals surface area contributed by atoms with Gasteiger partial charge in [-0.25, -0.2) is 4.98 Å². The molecule has 4 rings (SSSR count). The van der Waals surface area contributed by atoms with Crippen molar-refractivity contribution in [3.63, 3.8) is 0 Å². The number of ether oxygens (including phenoxy) is 1. The maximum Gasteiger partial charge on any atom is 0.231 e. The molecule has 0 radical (unpaired) electrons. The van der Waals surface area contributed by atoms with Gasteiger partial charge in [-0.1, -0.05) is 54.1 Å². The van der Waals surface area contributed by atoms with Gasteiger partial charge in [0.25, 0.3) is 0 Å². The fourth-order valence-corrected chi connectivity index (χ4v) is 2.97. The van der Waals surface area contributed by atoms with Crippen LogP contribution in [0.4, 0.5) is 0 Å². The number of methoxy groups -OCH3 is 1. The van der Waals surface area contributed by atoms with Crippen molar-refractivity contribution in [2.24, 2.45) is 0 Å². The van der Waals surface area contributed by atoms with E-state index >= 15 is 0 Å². The van der Waals surface area contributed by atoms with Crippen LogP contribution in [0.5, 0.6) is 5.75 Å². The number of hydrogen-bond acceptors (Lipinski definition) is 4. The Bertz CT molecular complexity index is 1140. The Morgan fingerprint density at radius 1 is 1.00 bits per heavy atom. The molecule has 0 aliphatic carbocycles. The molecule has 0 saturated carbocycles. The third-order valence-electron chi connectivity index (χ3n) is 4.49. The van der Waals surface area contributed by atoms with Crippen molar-refractivity contribution in [2.75, 3.05) is 7.11 Å². The highest BCUT2D eigenvalue weighted by Gasteiger charge is 2.20. The van der Waals surface area contributed by atoms with E-state index in [0.717, 1.165) is 11.1 Å². The number of fused-ring (bicyclic) bond motifs is 1. The van der Waals surface area contributed by atoms with Gasteiger partial charge in [-0.15, -0.1) is 0 Å². The Labute approximate surface area is 163 Å². The SMILES string of the molecule is COc1cccc(/C=C(\C(=O)c2ccc(C)cc2)c2nc3ccccc3o2)c1. The maximum absolute atomic E-state index is 13.3. The first kappa shape index (κ1) is 17.7. The summed E-state index contributed by atoms with van der Waals surface area (Å²) in [6.45, 7) is 1.99. The molecule has 0 unspecified atom stereocenters. The van der Waals surface area contributed by atoms with E-state index in [1.807, 2.05) is 79.7 Å². The van der Waals surface area contributed by atoms with E-state index in [4.69, 9.17) is 9.15 Å². The zero-order valence-corrected chi connectivity index (χ0v) is 15.7. The van der Waals surface area contributed by atoms with Gasteiger partial charge in [0.2, 0.25) is 5.89 Å². The lowest BCUT2D eigenvalue weighted by Gasteiger charge is -2.06. The van der Waals surface area contributed by atoms with Gasteiger partial charge in [-0.3, -0.25) is 4.79 Å². The Morgan fingerprint density at radius 3 is 2.54 bits per heavy atom. The lowest BCUT2D eigenvalue weighted by atomic mass is 10.00. The van der Waals surface area contributed by atoms with E-state index in [1.165, 1.54) is 0 Å². The summed E-state index contributed by atoms with van der Waals surface area (Å²) in [5.41, 5.74) is 4.26. The van der Waals surface area contributed by atoms with E-state index in [1.54, 1.807) is 13.2 Å². The highest BCUT2D eigenvalue weighted by Crippen LogP contribution is 2.27. The van der Waals surface area contributed by atoms with Crippen LogP contribution in [0.25, 0.3) is 22.7 Å². The summed E-state index contributed by atoms with van der Waals surface area (Å²) in [4.78, 5) is 17.8. The highest BCUT2D eigenvalue weighted by atomic mass is 16.5. The minimum absolute atomic E-state index is 0.144. The minimum Gasteiger partial charge on any atom is -0.497 e. The molecule has 4 heteroatoms. The molecule has 0 N–H and O–H groups in total. The van der Waals surface area contributed by atoms with Crippen molar-refractivity contribution in [1.29, 1.82) is 0 Å². The number of hydrogen-bond donors (Lipinski definition) is 0. The van der Waals surface area contributed by atoms with E-state index in [-0.39, 0.29) is 5.78 Å². The van der Waals surface area contributed by atoms with E-state index in [2.05, 4.69) is 4.98 Å². The second kappa shape index (κ2) is 7.53. The standard InChI is InChI=1S/C24H19NO3/c1-16-10-12-18(13-11-16)23(26)20(15-17-6-5-7-19(14-17)27-2)24-25-21-8-3-4-9-22(21)28-24/h3-15H,1-2H3/b20-15+. The summed E-state index contributed by atoms with van der Waals surface area (Å²) < 4.78 is 11.2.